The largest absolute Gasteiger partial charge is 0.384 e. The first kappa shape index (κ1) is 13.1. The Hall–Kier alpha value is -2.30. The van der Waals surface area contributed by atoms with Gasteiger partial charge in [-0.1, -0.05) is 27.5 Å². The van der Waals surface area contributed by atoms with E-state index in [4.69, 9.17) is 5.11 Å². The van der Waals surface area contributed by atoms with Gasteiger partial charge in [-0.2, -0.15) is 0 Å². The van der Waals surface area contributed by atoms with Gasteiger partial charge in [0.05, 0.1) is 0 Å². The summed E-state index contributed by atoms with van der Waals surface area (Å²) < 4.78 is 3.56. The highest BCUT2D eigenvalue weighted by molar-refractivity contribution is 7.09. The van der Waals surface area contributed by atoms with Crippen LogP contribution in [0.5, 0.6) is 0 Å². The summed E-state index contributed by atoms with van der Waals surface area (Å²) in [6.07, 6.45) is 0. The molecule has 96 valence electrons. The van der Waals surface area contributed by atoms with Gasteiger partial charge in [0, 0.05) is 22.7 Å². The highest BCUT2D eigenvalue weighted by atomic mass is 32.1. The number of hydrogen-bond donors (Lipinski definition) is 2. The molecular formula is C12H10N4O2S. The SMILES string of the molecule is Cc1ccc(C(=O)Nc2nnns2)cc1C#CCO. The van der Waals surface area contributed by atoms with Crippen LogP contribution in [-0.2, 0) is 0 Å². The summed E-state index contributed by atoms with van der Waals surface area (Å²) in [6, 6.07) is 5.17. The zero-order valence-corrected chi connectivity index (χ0v) is 10.9. The van der Waals surface area contributed by atoms with Crippen molar-refractivity contribution in [2.45, 2.75) is 6.92 Å². The molecule has 0 aliphatic carbocycles. The molecule has 0 saturated carbocycles. The van der Waals surface area contributed by atoms with Crippen molar-refractivity contribution in [3.63, 3.8) is 0 Å². The number of aliphatic hydroxyl groups is 1. The highest BCUT2D eigenvalue weighted by Crippen LogP contribution is 2.13. The molecule has 2 aromatic rings. The van der Waals surface area contributed by atoms with E-state index in [1.165, 1.54) is 0 Å². The van der Waals surface area contributed by atoms with Gasteiger partial charge < -0.3 is 5.11 Å². The number of aryl methyl sites for hydroxylation is 1. The summed E-state index contributed by atoms with van der Waals surface area (Å²) in [5, 5.41) is 18.7. The van der Waals surface area contributed by atoms with Crippen LogP contribution in [-0.4, -0.2) is 32.4 Å². The second kappa shape index (κ2) is 6.04. The van der Waals surface area contributed by atoms with Crippen molar-refractivity contribution < 1.29 is 9.90 Å². The molecule has 0 fully saturated rings. The summed E-state index contributed by atoms with van der Waals surface area (Å²) in [6.45, 7) is 1.67. The van der Waals surface area contributed by atoms with E-state index in [9.17, 15) is 4.79 Å². The Labute approximate surface area is 113 Å². The molecule has 0 aliphatic heterocycles. The quantitative estimate of drug-likeness (QED) is 0.792. The zero-order valence-electron chi connectivity index (χ0n) is 10.0. The molecule has 1 amide bonds. The summed E-state index contributed by atoms with van der Waals surface area (Å²) in [5.41, 5.74) is 2.11. The van der Waals surface area contributed by atoms with Crippen LogP contribution < -0.4 is 5.32 Å². The van der Waals surface area contributed by atoms with Gasteiger partial charge in [0.25, 0.3) is 5.91 Å². The highest BCUT2D eigenvalue weighted by Gasteiger charge is 2.09. The maximum Gasteiger partial charge on any atom is 0.257 e. The van der Waals surface area contributed by atoms with Gasteiger partial charge in [0.1, 0.15) is 6.61 Å². The van der Waals surface area contributed by atoms with E-state index in [1.54, 1.807) is 18.2 Å². The molecule has 1 aromatic carbocycles. The molecule has 0 spiro atoms. The third-order valence-corrected chi connectivity index (χ3v) is 2.83. The van der Waals surface area contributed by atoms with Crippen LogP contribution in [0.1, 0.15) is 21.5 Å². The number of nitrogens with one attached hydrogen (secondary N) is 1. The maximum atomic E-state index is 12.0. The lowest BCUT2D eigenvalue weighted by Crippen LogP contribution is -2.12. The summed E-state index contributed by atoms with van der Waals surface area (Å²) in [5.74, 6) is 5.06. The smallest absolute Gasteiger partial charge is 0.257 e. The van der Waals surface area contributed by atoms with Crippen molar-refractivity contribution in [2.24, 2.45) is 0 Å². The predicted molar refractivity (Wildman–Crippen MR) is 70.8 cm³/mol. The molecule has 2 N–H and O–H groups in total. The van der Waals surface area contributed by atoms with Gasteiger partial charge in [0.15, 0.2) is 0 Å². The molecule has 19 heavy (non-hydrogen) atoms. The van der Waals surface area contributed by atoms with E-state index in [0.29, 0.717) is 16.3 Å². The van der Waals surface area contributed by atoms with Crippen molar-refractivity contribution in [1.82, 2.24) is 14.8 Å². The molecule has 0 saturated heterocycles. The van der Waals surface area contributed by atoms with Gasteiger partial charge in [-0.15, -0.1) is 0 Å². The number of amides is 1. The van der Waals surface area contributed by atoms with Crippen LogP contribution in [0.25, 0.3) is 0 Å². The average molecular weight is 274 g/mol. The molecular weight excluding hydrogens is 264 g/mol. The molecule has 0 radical (unpaired) electrons. The number of aliphatic hydroxyl groups excluding tert-OH is 1. The standard InChI is InChI=1S/C12H10N4O2S/c1-8-4-5-10(7-9(8)3-2-6-17)11(18)13-12-14-15-16-19-12/h4-5,7,17H,6H2,1H3,(H,13,14,16,18). The first-order valence-electron chi connectivity index (χ1n) is 5.37. The zero-order chi connectivity index (χ0) is 13.7. The van der Waals surface area contributed by atoms with E-state index in [-0.39, 0.29) is 12.5 Å². The molecule has 1 aromatic heterocycles. The van der Waals surface area contributed by atoms with Crippen LogP contribution in [0.2, 0.25) is 0 Å². The normalized spacial score (nSPS) is 9.58. The summed E-state index contributed by atoms with van der Waals surface area (Å²) >= 11 is 1.00. The van der Waals surface area contributed by atoms with E-state index in [2.05, 4.69) is 32.0 Å². The number of aromatic nitrogens is 3. The lowest BCUT2D eigenvalue weighted by atomic mass is 10.0. The summed E-state index contributed by atoms with van der Waals surface area (Å²) in [7, 11) is 0. The number of nitrogens with zero attached hydrogens (tertiary/aromatic N) is 3. The number of benzene rings is 1. The molecule has 0 bridgehead atoms. The Morgan fingerprint density at radius 3 is 3.05 bits per heavy atom. The van der Waals surface area contributed by atoms with Gasteiger partial charge in [-0.05, 0) is 29.8 Å². The van der Waals surface area contributed by atoms with Crippen molar-refractivity contribution in [3.05, 3.63) is 34.9 Å². The minimum atomic E-state index is -0.300. The maximum absolute atomic E-state index is 12.0. The van der Waals surface area contributed by atoms with Gasteiger partial charge >= 0.3 is 0 Å². The van der Waals surface area contributed by atoms with Gasteiger partial charge in [-0.3, -0.25) is 10.1 Å². The molecule has 0 aliphatic rings. The van der Waals surface area contributed by atoms with Crippen molar-refractivity contribution >= 4 is 22.6 Å². The lowest BCUT2D eigenvalue weighted by Gasteiger charge is -2.03. The third-order valence-electron chi connectivity index (χ3n) is 2.32. The monoisotopic (exact) mass is 274 g/mol. The van der Waals surface area contributed by atoms with Crippen molar-refractivity contribution in [3.8, 4) is 11.8 Å². The molecule has 6 nitrogen and oxygen atoms in total. The molecule has 2 rings (SSSR count). The van der Waals surface area contributed by atoms with E-state index in [0.717, 1.165) is 17.1 Å². The molecule has 0 unspecified atom stereocenters. The van der Waals surface area contributed by atoms with Crippen molar-refractivity contribution in [2.75, 3.05) is 11.9 Å². The first-order valence-corrected chi connectivity index (χ1v) is 6.15. The van der Waals surface area contributed by atoms with Crippen LogP contribution in [0.3, 0.4) is 0 Å². The fourth-order valence-corrected chi connectivity index (χ4v) is 1.75. The Kier molecular flexibility index (Phi) is 4.18. The number of rotatable bonds is 2. The molecule has 0 atom stereocenters. The van der Waals surface area contributed by atoms with E-state index >= 15 is 0 Å². The summed E-state index contributed by atoms with van der Waals surface area (Å²) in [4.78, 5) is 12.0. The third kappa shape index (κ3) is 3.34. The Morgan fingerprint density at radius 1 is 1.53 bits per heavy atom. The Balaban J connectivity index is 2.22. The predicted octanol–water partition coefficient (Wildman–Crippen LogP) is 0.838. The number of anilines is 1. The Morgan fingerprint density at radius 2 is 2.37 bits per heavy atom. The topological polar surface area (TPSA) is 88.0 Å². The number of carbonyl (C=O) groups is 1. The van der Waals surface area contributed by atoms with Crippen LogP contribution in [0.15, 0.2) is 18.2 Å². The number of hydrogen-bond acceptors (Lipinski definition) is 6. The molecule has 1 heterocycles. The Bertz CT molecular complexity index is 643. The minimum absolute atomic E-state index is 0.216. The van der Waals surface area contributed by atoms with Crippen molar-refractivity contribution in [1.29, 1.82) is 0 Å². The molecule has 7 heteroatoms. The van der Waals surface area contributed by atoms with Gasteiger partial charge in [0.2, 0.25) is 5.13 Å². The second-order valence-corrected chi connectivity index (χ2v) is 4.34. The van der Waals surface area contributed by atoms with Crippen LogP contribution in [0.4, 0.5) is 5.13 Å². The van der Waals surface area contributed by atoms with E-state index < -0.39 is 0 Å². The first-order chi connectivity index (χ1) is 9.20. The van der Waals surface area contributed by atoms with Crippen LogP contribution in [0, 0.1) is 18.8 Å². The lowest BCUT2D eigenvalue weighted by molar-refractivity contribution is 0.102. The van der Waals surface area contributed by atoms with E-state index in [1.807, 2.05) is 6.92 Å². The minimum Gasteiger partial charge on any atom is -0.384 e. The average Bonchev–Trinajstić information content (AvgIpc) is 2.90. The fourth-order valence-electron chi connectivity index (χ4n) is 1.38. The second-order valence-electron chi connectivity index (χ2n) is 3.61. The van der Waals surface area contributed by atoms with Gasteiger partial charge in [-0.25, -0.2) is 0 Å². The van der Waals surface area contributed by atoms with Crippen LogP contribution >= 0.6 is 11.5 Å². The number of carbonyl (C=O) groups excluding carboxylic acids is 1. The fraction of sp³-hybridized carbons (Fsp3) is 0.167.